The first-order chi connectivity index (χ1) is 9.87. The van der Waals surface area contributed by atoms with E-state index >= 15 is 0 Å². The van der Waals surface area contributed by atoms with E-state index in [2.05, 4.69) is 0 Å². The van der Waals surface area contributed by atoms with Crippen molar-refractivity contribution in [3.05, 3.63) is 51.2 Å². The number of nitrogens with zero attached hydrogens (tertiary/aromatic N) is 1. The monoisotopic (exact) mass is 363 g/mol. The number of sulfonamides is 1. The number of hydrogen-bond acceptors (Lipinski definition) is 3. The molecular weight excluding hydrogens is 349 g/mol. The van der Waals surface area contributed by atoms with Crippen molar-refractivity contribution in [1.29, 1.82) is 0 Å². The van der Waals surface area contributed by atoms with Crippen molar-refractivity contribution in [1.82, 2.24) is 4.31 Å². The summed E-state index contributed by atoms with van der Waals surface area (Å²) in [5.74, 6) is 0.251. The van der Waals surface area contributed by atoms with Crippen molar-refractivity contribution in [3.63, 3.8) is 0 Å². The minimum Gasteiger partial charge on any atom is -0.207 e. The first kappa shape index (κ1) is 16.8. The minimum absolute atomic E-state index is 0.173. The molecule has 0 radical (unpaired) electrons. The summed E-state index contributed by atoms with van der Waals surface area (Å²) in [6, 6.07) is 8.23. The van der Waals surface area contributed by atoms with Crippen LogP contribution >= 0.6 is 34.5 Å². The largest absolute Gasteiger partial charge is 0.243 e. The van der Waals surface area contributed by atoms with Gasteiger partial charge in [0.05, 0.1) is 10.9 Å². The molecule has 21 heavy (non-hydrogen) atoms. The highest BCUT2D eigenvalue weighted by atomic mass is 35.5. The lowest BCUT2D eigenvalue weighted by molar-refractivity contribution is 0.403. The summed E-state index contributed by atoms with van der Waals surface area (Å²) in [5.41, 5.74) is 0.714. The van der Waals surface area contributed by atoms with Crippen LogP contribution in [-0.2, 0) is 15.9 Å². The van der Waals surface area contributed by atoms with E-state index in [0.717, 1.165) is 4.88 Å². The minimum atomic E-state index is -3.60. The fraction of sp³-hybridized carbons (Fsp3) is 0.286. The maximum atomic E-state index is 12.7. The topological polar surface area (TPSA) is 37.4 Å². The third kappa shape index (κ3) is 3.43. The third-order valence-electron chi connectivity index (χ3n) is 3.35. The van der Waals surface area contributed by atoms with Gasteiger partial charge in [-0.15, -0.1) is 22.9 Å². The van der Waals surface area contributed by atoms with Crippen molar-refractivity contribution in [3.8, 4) is 0 Å². The van der Waals surface area contributed by atoms with Crippen molar-refractivity contribution in [2.75, 3.05) is 7.05 Å². The third-order valence-corrected chi connectivity index (χ3v) is 6.95. The van der Waals surface area contributed by atoms with E-state index in [1.54, 1.807) is 13.1 Å². The average Bonchev–Trinajstić information content (AvgIpc) is 2.99. The van der Waals surface area contributed by atoms with Gasteiger partial charge in [0.2, 0.25) is 10.0 Å². The molecule has 0 N–H and O–H groups in total. The van der Waals surface area contributed by atoms with Crippen LogP contribution in [0.1, 0.15) is 23.4 Å². The zero-order chi connectivity index (χ0) is 15.6. The Hall–Kier alpha value is -0.590. The van der Waals surface area contributed by atoms with Crippen molar-refractivity contribution in [2.45, 2.75) is 23.7 Å². The van der Waals surface area contributed by atoms with Gasteiger partial charge in [0, 0.05) is 22.8 Å². The molecule has 7 heteroatoms. The summed E-state index contributed by atoms with van der Waals surface area (Å²) in [6.07, 6.45) is 0. The van der Waals surface area contributed by atoms with Crippen LogP contribution in [0.25, 0.3) is 0 Å². The summed E-state index contributed by atoms with van der Waals surface area (Å²) >= 11 is 13.3. The normalized spacial score (nSPS) is 13.6. The molecule has 0 amide bonds. The quantitative estimate of drug-likeness (QED) is 0.732. The fourth-order valence-electron chi connectivity index (χ4n) is 1.88. The van der Waals surface area contributed by atoms with Crippen LogP contribution in [0.3, 0.4) is 0 Å². The second kappa shape index (κ2) is 6.67. The number of hydrogen-bond donors (Lipinski definition) is 0. The fourth-order valence-corrected chi connectivity index (χ4v) is 4.76. The van der Waals surface area contributed by atoms with Crippen LogP contribution in [0.4, 0.5) is 0 Å². The van der Waals surface area contributed by atoms with Gasteiger partial charge in [0.25, 0.3) is 0 Å². The highest BCUT2D eigenvalue weighted by Crippen LogP contribution is 2.30. The Bertz CT molecular complexity index is 715. The number of thiophene rings is 1. The van der Waals surface area contributed by atoms with E-state index < -0.39 is 10.0 Å². The Balaban J connectivity index is 2.35. The molecule has 114 valence electrons. The van der Waals surface area contributed by atoms with Crippen LogP contribution in [0.5, 0.6) is 0 Å². The van der Waals surface area contributed by atoms with Gasteiger partial charge in [0.15, 0.2) is 0 Å². The summed E-state index contributed by atoms with van der Waals surface area (Å²) in [6.45, 7) is 1.86. The van der Waals surface area contributed by atoms with Gasteiger partial charge in [-0.2, -0.15) is 4.31 Å². The van der Waals surface area contributed by atoms with E-state index in [-0.39, 0.29) is 16.8 Å². The lowest BCUT2D eigenvalue weighted by Crippen LogP contribution is -2.29. The predicted octanol–water partition coefficient (Wildman–Crippen LogP) is 4.52. The van der Waals surface area contributed by atoms with Gasteiger partial charge < -0.3 is 0 Å². The Morgan fingerprint density at radius 1 is 1.33 bits per heavy atom. The maximum absolute atomic E-state index is 12.7. The highest BCUT2D eigenvalue weighted by molar-refractivity contribution is 7.89. The lowest BCUT2D eigenvalue weighted by atomic mass is 10.2. The molecule has 0 aliphatic heterocycles. The summed E-state index contributed by atoms with van der Waals surface area (Å²) < 4.78 is 26.7. The number of benzene rings is 1. The first-order valence-corrected chi connectivity index (χ1v) is 9.47. The predicted molar refractivity (Wildman–Crippen MR) is 88.7 cm³/mol. The molecular formula is C14H15Cl2NO2S2. The molecule has 1 atom stereocenters. The van der Waals surface area contributed by atoms with E-state index in [1.807, 2.05) is 24.4 Å². The van der Waals surface area contributed by atoms with Crippen LogP contribution < -0.4 is 0 Å². The van der Waals surface area contributed by atoms with Crippen LogP contribution in [0, 0.1) is 0 Å². The Labute approximate surface area is 139 Å². The van der Waals surface area contributed by atoms with E-state index in [4.69, 9.17) is 23.2 Å². The summed E-state index contributed by atoms with van der Waals surface area (Å²) in [5, 5.41) is 2.29. The number of rotatable bonds is 5. The van der Waals surface area contributed by atoms with Crippen LogP contribution in [-0.4, -0.2) is 19.8 Å². The second-order valence-corrected chi connectivity index (χ2v) is 8.25. The summed E-state index contributed by atoms with van der Waals surface area (Å²) in [7, 11) is -2.03. The maximum Gasteiger partial charge on any atom is 0.243 e. The van der Waals surface area contributed by atoms with Gasteiger partial charge in [-0.3, -0.25) is 0 Å². The molecule has 0 spiro atoms. The van der Waals surface area contributed by atoms with Crippen LogP contribution in [0.2, 0.25) is 5.02 Å². The molecule has 1 aromatic heterocycles. The zero-order valence-electron chi connectivity index (χ0n) is 11.6. The first-order valence-electron chi connectivity index (χ1n) is 6.23. The molecule has 0 aliphatic carbocycles. The molecule has 1 aromatic carbocycles. The summed E-state index contributed by atoms with van der Waals surface area (Å²) in [4.78, 5) is 1.16. The molecule has 2 rings (SSSR count). The van der Waals surface area contributed by atoms with Gasteiger partial charge in [-0.05, 0) is 36.1 Å². The Kier molecular flexibility index (Phi) is 5.33. The van der Waals surface area contributed by atoms with Crippen molar-refractivity contribution >= 4 is 44.6 Å². The van der Waals surface area contributed by atoms with Gasteiger partial charge in [-0.1, -0.05) is 23.7 Å². The van der Waals surface area contributed by atoms with E-state index in [1.165, 1.54) is 27.8 Å². The highest BCUT2D eigenvalue weighted by Gasteiger charge is 2.27. The van der Waals surface area contributed by atoms with Crippen molar-refractivity contribution < 1.29 is 8.42 Å². The SMILES string of the molecule is CC(c1cccs1)N(C)S(=O)(=O)c1ccc(CCl)c(Cl)c1. The average molecular weight is 364 g/mol. The second-order valence-electron chi connectivity index (χ2n) is 4.60. The molecule has 0 fully saturated rings. The standard InChI is InChI=1S/C14H15Cl2NO2S2/c1-10(14-4-3-7-20-14)17(2)21(18,19)12-6-5-11(9-15)13(16)8-12/h3-8,10H,9H2,1-2H3. The van der Waals surface area contributed by atoms with E-state index in [9.17, 15) is 8.42 Å². The molecule has 0 saturated heterocycles. The van der Waals surface area contributed by atoms with Gasteiger partial charge in [0.1, 0.15) is 0 Å². The van der Waals surface area contributed by atoms with Gasteiger partial charge >= 0.3 is 0 Å². The lowest BCUT2D eigenvalue weighted by Gasteiger charge is -2.23. The van der Waals surface area contributed by atoms with Gasteiger partial charge in [-0.25, -0.2) is 8.42 Å². The molecule has 2 aromatic rings. The number of halogens is 2. The van der Waals surface area contributed by atoms with Crippen molar-refractivity contribution in [2.24, 2.45) is 0 Å². The molecule has 1 heterocycles. The number of alkyl halides is 1. The van der Waals surface area contributed by atoms with E-state index in [0.29, 0.717) is 10.6 Å². The molecule has 3 nitrogen and oxygen atoms in total. The molecule has 1 unspecified atom stereocenters. The molecule has 0 aliphatic rings. The smallest absolute Gasteiger partial charge is 0.207 e. The Morgan fingerprint density at radius 2 is 2.05 bits per heavy atom. The zero-order valence-corrected chi connectivity index (χ0v) is 14.7. The molecule has 0 bridgehead atoms. The van der Waals surface area contributed by atoms with Crippen LogP contribution in [0.15, 0.2) is 40.6 Å². The Morgan fingerprint density at radius 3 is 2.57 bits per heavy atom. The molecule has 0 saturated carbocycles.